The molecule has 0 spiro atoms. The summed E-state index contributed by atoms with van der Waals surface area (Å²) < 4.78 is 12.9. The van der Waals surface area contributed by atoms with Crippen LogP contribution in [0.1, 0.15) is 11.4 Å². The summed E-state index contributed by atoms with van der Waals surface area (Å²) in [4.78, 5) is 0. The molecule has 0 saturated carbocycles. The summed E-state index contributed by atoms with van der Waals surface area (Å²) in [6, 6.07) is 7.93. The van der Waals surface area contributed by atoms with Crippen molar-refractivity contribution in [2.45, 2.75) is 13.0 Å². The average molecular weight is 279 g/mol. The summed E-state index contributed by atoms with van der Waals surface area (Å²) in [6.07, 6.45) is 0.702. The summed E-state index contributed by atoms with van der Waals surface area (Å²) in [5.74, 6) is 1.74. The molecule has 1 aromatic carbocycles. The van der Waals surface area contributed by atoms with Crippen molar-refractivity contribution in [2.75, 3.05) is 20.8 Å². The second-order valence-electron chi connectivity index (χ2n) is 4.12. The minimum atomic E-state index is 0.610. The Morgan fingerprint density at radius 3 is 2.95 bits per heavy atom. The van der Waals surface area contributed by atoms with Gasteiger partial charge in [0.15, 0.2) is 4.77 Å². The van der Waals surface area contributed by atoms with Crippen LogP contribution in [0.4, 0.5) is 0 Å². The number of nitrogens with zero attached hydrogens (tertiary/aromatic N) is 2. The number of nitrogens with one attached hydrogen (secondary N) is 1. The topological polar surface area (TPSA) is 52.1 Å². The van der Waals surface area contributed by atoms with Gasteiger partial charge >= 0.3 is 0 Å². The molecule has 2 rings (SSSR count). The van der Waals surface area contributed by atoms with E-state index in [9.17, 15) is 0 Å². The molecule has 0 aliphatic carbocycles. The van der Waals surface area contributed by atoms with E-state index in [1.807, 2.05) is 28.8 Å². The SMILES string of the molecule is COCCn1c(Cc2cccc(OC)c2)n[nH]c1=S. The first-order chi connectivity index (χ1) is 9.24. The number of aromatic amines is 1. The maximum absolute atomic E-state index is 5.22. The highest BCUT2D eigenvalue weighted by Crippen LogP contribution is 2.15. The molecule has 0 atom stereocenters. The Balaban J connectivity index is 2.20. The molecular weight excluding hydrogens is 262 g/mol. The van der Waals surface area contributed by atoms with Gasteiger partial charge in [-0.3, -0.25) is 5.10 Å². The predicted molar refractivity (Wildman–Crippen MR) is 75.1 cm³/mol. The summed E-state index contributed by atoms with van der Waals surface area (Å²) >= 11 is 5.22. The number of ether oxygens (including phenoxy) is 2. The smallest absolute Gasteiger partial charge is 0.195 e. The van der Waals surface area contributed by atoms with Crippen molar-refractivity contribution >= 4 is 12.2 Å². The van der Waals surface area contributed by atoms with Gasteiger partial charge < -0.3 is 14.0 Å². The molecule has 0 radical (unpaired) electrons. The molecule has 0 aliphatic heterocycles. The van der Waals surface area contributed by atoms with Gasteiger partial charge in [-0.25, -0.2) is 0 Å². The van der Waals surface area contributed by atoms with Crippen LogP contribution >= 0.6 is 12.2 Å². The number of aromatic nitrogens is 3. The van der Waals surface area contributed by atoms with Crippen LogP contribution in [0.2, 0.25) is 0 Å². The van der Waals surface area contributed by atoms with Gasteiger partial charge in [0.2, 0.25) is 0 Å². The van der Waals surface area contributed by atoms with Crippen LogP contribution in [0.5, 0.6) is 5.75 Å². The molecule has 5 nitrogen and oxygen atoms in total. The highest BCUT2D eigenvalue weighted by atomic mass is 32.1. The van der Waals surface area contributed by atoms with E-state index >= 15 is 0 Å². The van der Waals surface area contributed by atoms with Crippen LogP contribution in [-0.4, -0.2) is 35.6 Å². The Labute approximate surface area is 117 Å². The van der Waals surface area contributed by atoms with Gasteiger partial charge in [-0.1, -0.05) is 12.1 Å². The first kappa shape index (κ1) is 13.8. The fourth-order valence-electron chi connectivity index (χ4n) is 1.86. The van der Waals surface area contributed by atoms with Crippen LogP contribution < -0.4 is 4.74 Å². The van der Waals surface area contributed by atoms with Gasteiger partial charge in [0.1, 0.15) is 11.6 Å². The number of methoxy groups -OCH3 is 2. The Morgan fingerprint density at radius 1 is 1.37 bits per heavy atom. The van der Waals surface area contributed by atoms with Gasteiger partial charge in [0, 0.05) is 20.1 Å². The molecule has 19 heavy (non-hydrogen) atoms. The van der Waals surface area contributed by atoms with Gasteiger partial charge in [-0.05, 0) is 29.9 Å². The normalized spacial score (nSPS) is 10.6. The lowest BCUT2D eigenvalue weighted by Gasteiger charge is -2.07. The van der Waals surface area contributed by atoms with Crippen LogP contribution in [-0.2, 0) is 17.7 Å². The van der Waals surface area contributed by atoms with E-state index in [-0.39, 0.29) is 0 Å². The van der Waals surface area contributed by atoms with Crippen molar-refractivity contribution in [3.05, 3.63) is 40.4 Å². The molecular formula is C13H17N3O2S. The molecule has 0 amide bonds. The standard InChI is InChI=1S/C13H17N3O2S/c1-17-7-6-16-12(14-15-13(16)19)9-10-4-3-5-11(8-10)18-2/h3-5,8H,6-7,9H2,1-2H3,(H,15,19). The van der Waals surface area contributed by atoms with Crippen LogP contribution in [0, 0.1) is 4.77 Å². The Hall–Kier alpha value is -1.66. The number of rotatable bonds is 6. The Bertz CT molecular complexity index is 592. The molecule has 0 bridgehead atoms. The quantitative estimate of drug-likeness (QED) is 0.824. The van der Waals surface area contributed by atoms with E-state index in [1.54, 1.807) is 14.2 Å². The first-order valence-corrected chi connectivity index (χ1v) is 6.41. The zero-order chi connectivity index (χ0) is 13.7. The van der Waals surface area contributed by atoms with Crippen molar-refractivity contribution < 1.29 is 9.47 Å². The van der Waals surface area contributed by atoms with Crippen molar-refractivity contribution in [3.63, 3.8) is 0 Å². The molecule has 0 aliphatic rings. The van der Waals surface area contributed by atoms with Crippen molar-refractivity contribution in [1.82, 2.24) is 14.8 Å². The molecule has 2 aromatic rings. The number of hydrogen-bond donors (Lipinski definition) is 1. The van der Waals surface area contributed by atoms with Gasteiger partial charge in [-0.15, -0.1) is 0 Å². The number of hydrogen-bond acceptors (Lipinski definition) is 4. The van der Waals surface area contributed by atoms with Crippen LogP contribution in [0.3, 0.4) is 0 Å². The van der Waals surface area contributed by atoms with Gasteiger partial charge in [0.05, 0.1) is 13.7 Å². The molecule has 1 N–H and O–H groups in total. The maximum atomic E-state index is 5.22. The summed E-state index contributed by atoms with van der Waals surface area (Å²) in [7, 11) is 3.33. The van der Waals surface area contributed by atoms with Gasteiger partial charge in [-0.2, -0.15) is 5.10 Å². The minimum Gasteiger partial charge on any atom is -0.497 e. The van der Waals surface area contributed by atoms with Gasteiger partial charge in [0.25, 0.3) is 0 Å². The molecule has 6 heteroatoms. The Morgan fingerprint density at radius 2 is 2.21 bits per heavy atom. The van der Waals surface area contributed by atoms with E-state index in [1.165, 1.54) is 0 Å². The molecule has 102 valence electrons. The second kappa shape index (κ2) is 6.49. The predicted octanol–water partition coefficient (Wildman–Crippen LogP) is 2.19. The van der Waals surface area contributed by atoms with E-state index < -0.39 is 0 Å². The molecule has 0 saturated heterocycles. The monoisotopic (exact) mass is 279 g/mol. The van der Waals surface area contributed by atoms with E-state index in [2.05, 4.69) is 10.2 Å². The summed E-state index contributed by atoms with van der Waals surface area (Å²) in [5, 5.41) is 7.09. The highest BCUT2D eigenvalue weighted by molar-refractivity contribution is 7.71. The first-order valence-electron chi connectivity index (χ1n) is 6.00. The third-order valence-electron chi connectivity index (χ3n) is 2.85. The van der Waals surface area contributed by atoms with Crippen LogP contribution in [0.25, 0.3) is 0 Å². The average Bonchev–Trinajstić information content (AvgIpc) is 2.77. The lowest BCUT2D eigenvalue weighted by atomic mass is 10.1. The lowest BCUT2D eigenvalue weighted by molar-refractivity contribution is 0.186. The largest absolute Gasteiger partial charge is 0.497 e. The van der Waals surface area contributed by atoms with E-state index in [0.717, 1.165) is 17.1 Å². The molecule has 0 unspecified atom stereocenters. The third kappa shape index (κ3) is 3.42. The van der Waals surface area contributed by atoms with E-state index in [4.69, 9.17) is 21.7 Å². The Kier molecular flexibility index (Phi) is 4.70. The minimum absolute atomic E-state index is 0.610. The fraction of sp³-hybridized carbons (Fsp3) is 0.385. The van der Waals surface area contributed by atoms with E-state index in [0.29, 0.717) is 24.3 Å². The zero-order valence-electron chi connectivity index (χ0n) is 11.0. The fourth-order valence-corrected chi connectivity index (χ4v) is 2.11. The summed E-state index contributed by atoms with van der Waals surface area (Å²) in [5.41, 5.74) is 1.13. The maximum Gasteiger partial charge on any atom is 0.195 e. The highest BCUT2D eigenvalue weighted by Gasteiger charge is 2.07. The molecule has 0 fully saturated rings. The molecule has 1 aromatic heterocycles. The number of H-pyrrole nitrogens is 1. The third-order valence-corrected chi connectivity index (χ3v) is 3.16. The second-order valence-corrected chi connectivity index (χ2v) is 4.50. The van der Waals surface area contributed by atoms with Crippen molar-refractivity contribution in [1.29, 1.82) is 0 Å². The van der Waals surface area contributed by atoms with Crippen LogP contribution in [0.15, 0.2) is 24.3 Å². The zero-order valence-corrected chi connectivity index (χ0v) is 11.9. The molecule has 1 heterocycles. The lowest BCUT2D eigenvalue weighted by Crippen LogP contribution is -2.09. The summed E-state index contributed by atoms with van der Waals surface area (Å²) in [6.45, 7) is 1.31. The van der Waals surface area contributed by atoms with Crippen molar-refractivity contribution in [2.24, 2.45) is 0 Å². The van der Waals surface area contributed by atoms with Crippen molar-refractivity contribution in [3.8, 4) is 5.75 Å². The number of benzene rings is 1.